The van der Waals surface area contributed by atoms with E-state index >= 15 is 0 Å². The van der Waals surface area contributed by atoms with Gasteiger partial charge in [0.05, 0.1) is 5.69 Å². The Morgan fingerprint density at radius 2 is 1.96 bits per heavy atom. The molecular formula is C18H19N3OS2. The Bertz CT molecular complexity index is 807. The molecule has 0 bridgehead atoms. The van der Waals surface area contributed by atoms with Crippen molar-refractivity contribution in [1.29, 1.82) is 0 Å². The highest BCUT2D eigenvalue weighted by molar-refractivity contribution is 7.98. The van der Waals surface area contributed by atoms with Crippen molar-refractivity contribution >= 4 is 29.0 Å². The maximum Gasteiger partial charge on any atom is 0.263 e. The molecule has 0 fully saturated rings. The smallest absolute Gasteiger partial charge is 0.263 e. The van der Waals surface area contributed by atoms with Gasteiger partial charge in [-0.15, -0.1) is 11.8 Å². The number of thioether (sulfide) groups is 1. The minimum absolute atomic E-state index is 0.0586. The van der Waals surface area contributed by atoms with E-state index in [9.17, 15) is 4.79 Å². The number of aryl methyl sites for hydroxylation is 1. The molecule has 0 radical (unpaired) electrons. The van der Waals surface area contributed by atoms with Gasteiger partial charge in [-0.05, 0) is 42.5 Å². The van der Waals surface area contributed by atoms with Crippen LogP contribution in [-0.2, 0) is 13.0 Å². The fourth-order valence-corrected chi connectivity index (χ4v) is 3.78. The normalized spacial score (nSPS) is 10.8. The van der Waals surface area contributed by atoms with Crippen LogP contribution in [0.2, 0.25) is 0 Å². The summed E-state index contributed by atoms with van der Waals surface area (Å²) in [6, 6.07) is 12.1. The van der Waals surface area contributed by atoms with E-state index in [1.807, 2.05) is 48.1 Å². The molecule has 0 unspecified atom stereocenters. The van der Waals surface area contributed by atoms with Gasteiger partial charge in [0.1, 0.15) is 4.88 Å². The van der Waals surface area contributed by atoms with Crippen LogP contribution in [0.25, 0.3) is 5.13 Å². The van der Waals surface area contributed by atoms with Crippen molar-refractivity contribution < 1.29 is 4.79 Å². The van der Waals surface area contributed by atoms with Crippen LogP contribution in [0, 0.1) is 0 Å². The lowest BCUT2D eigenvalue weighted by Gasteiger charge is -2.05. The van der Waals surface area contributed by atoms with E-state index in [2.05, 4.69) is 28.7 Å². The van der Waals surface area contributed by atoms with Gasteiger partial charge in [0, 0.05) is 23.8 Å². The monoisotopic (exact) mass is 357 g/mol. The summed E-state index contributed by atoms with van der Waals surface area (Å²) in [5, 5.41) is 3.83. The molecule has 3 rings (SSSR count). The minimum atomic E-state index is -0.0586. The lowest BCUT2D eigenvalue weighted by Crippen LogP contribution is -2.22. The van der Waals surface area contributed by atoms with Gasteiger partial charge in [0.25, 0.3) is 5.91 Å². The number of hydrogen-bond acceptors (Lipinski definition) is 4. The molecule has 0 saturated heterocycles. The molecule has 124 valence electrons. The van der Waals surface area contributed by atoms with Gasteiger partial charge >= 0.3 is 0 Å². The van der Waals surface area contributed by atoms with Crippen molar-refractivity contribution in [2.45, 2.75) is 24.8 Å². The Morgan fingerprint density at radius 3 is 2.58 bits per heavy atom. The van der Waals surface area contributed by atoms with Crippen LogP contribution in [0.1, 0.15) is 27.9 Å². The molecule has 0 saturated carbocycles. The second kappa shape index (κ2) is 7.68. The number of nitrogens with one attached hydrogen (secondary N) is 1. The van der Waals surface area contributed by atoms with Crippen molar-refractivity contribution in [2.24, 2.45) is 0 Å². The average Bonchev–Trinajstić information content (AvgIpc) is 3.29. The van der Waals surface area contributed by atoms with Gasteiger partial charge in [-0.2, -0.15) is 0 Å². The van der Waals surface area contributed by atoms with E-state index in [0.717, 1.165) is 22.8 Å². The number of amides is 1. The first kappa shape index (κ1) is 16.8. The molecule has 0 spiro atoms. The van der Waals surface area contributed by atoms with Gasteiger partial charge in [0.15, 0.2) is 5.13 Å². The highest BCUT2D eigenvalue weighted by atomic mass is 32.2. The van der Waals surface area contributed by atoms with E-state index < -0.39 is 0 Å². The number of aromatic nitrogens is 2. The van der Waals surface area contributed by atoms with Gasteiger partial charge < -0.3 is 9.88 Å². The minimum Gasteiger partial charge on any atom is -0.347 e. The molecule has 2 heterocycles. The summed E-state index contributed by atoms with van der Waals surface area (Å²) in [5.41, 5.74) is 1.94. The number of thiazole rings is 1. The summed E-state index contributed by atoms with van der Waals surface area (Å²) in [7, 11) is 0. The molecule has 0 aliphatic heterocycles. The van der Waals surface area contributed by atoms with Crippen LogP contribution in [0.5, 0.6) is 0 Å². The summed E-state index contributed by atoms with van der Waals surface area (Å²) in [6.45, 7) is 2.54. The van der Waals surface area contributed by atoms with Crippen molar-refractivity contribution in [3.05, 3.63) is 64.9 Å². The maximum atomic E-state index is 12.5. The standard InChI is InChI=1S/C18H19N3OS2/c1-3-15-16(24-18(20-15)21-10-4-5-11-21)17(22)19-12-13-6-8-14(23-2)9-7-13/h4-11H,3,12H2,1-2H3,(H,19,22). The number of carbonyl (C=O) groups excluding carboxylic acids is 1. The van der Waals surface area contributed by atoms with Crippen LogP contribution in [0.15, 0.2) is 53.7 Å². The highest BCUT2D eigenvalue weighted by Crippen LogP contribution is 2.23. The lowest BCUT2D eigenvalue weighted by molar-refractivity contribution is 0.0954. The van der Waals surface area contributed by atoms with E-state index in [1.54, 1.807) is 11.8 Å². The van der Waals surface area contributed by atoms with Gasteiger partial charge in [0.2, 0.25) is 0 Å². The summed E-state index contributed by atoms with van der Waals surface area (Å²) < 4.78 is 1.93. The molecule has 2 aromatic heterocycles. The Morgan fingerprint density at radius 1 is 1.25 bits per heavy atom. The zero-order valence-electron chi connectivity index (χ0n) is 13.7. The third-order valence-electron chi connectivity index (χ3n) is 3.66. The Balaban J connectivity index is 1.72. The molecule has 3 aromatic rings. The fraction of sp³-hybridized carbons (Fsp3) is 0.222. The molecule has 1 N–H and O–H groups in total. The largest absolute Gasteiger partial charge is 0.347 e. The summed E-state index contributed by atoms with van der Waals surface area (Å²) in [4.78, 5) is 19.1. The first-order valence-corrected chi connectivity index (χ1v) is 9.79. The Hall–Kier alpha value is -2.05. The summed E-state index contributed by atoms with van der Waals surface area (Å²) in [6.07, 6.45) is 6.67. The molecule has 1 amide bonds. The molecule has 6 heteroatoms. The number of carbonyl (C=O) groups is 1. The van der Waals surface area contributed by atoms with Crippen LogP contribution in [0.4, 0.5) is 0 Å². The first-order chi connectivity index (χ1) is 11.7. The van der Waals surface area contributed by atoms with E-state index in [1.165, 1.54) is 16.2 Å². The number of rotatable bonds is 6. The summed E-state index contributed by atoms with van der Waals surface area (Å²) in [5.74, 6) is -0.0586. The number of benzene rings is 1. The molecule has 24 heavy (non-hydrogen) atoms. The number of hydrogen-bond donors (Lipinski definition) is 1. The third-order valence-corrected chi connectivity index (χ3v) is 5.52. The van der Waals surface area contributed by atoms with Crippen molar-refractivity contribution in [3.8, 4) is 5.13 Å². The van der Waals surface area contributed by atoms with Crippen molar-refractivity contribution in [2.75, 3.05) is 6.26 Å². The first-order valence-electron chi connectivity index (χ1n) is 7.75. The van der Waals surface area contributed by atoms with Gasteiger partial charge in [-0.1, -0.05) is 30.4 Å². The van der Waals surface area contributed by atoms with Crippen LogP contribution < -0.4 is 5.32 Å². The molecule has 0 aliphatic rings. The molecule has 4 nitrogen and oxygen atoms in total. The Labute approximate surface area is 149 Å². The van der Waals surface area contributed by atoms with Crippen molar-refractivity contribution in [3.63, 3.8) is 0 Å². The van der Waals surface area contributed by atoms with Crippen molar-refractivity contribution in [1.82, 2.24) is 14.9 Å². The third kappa shape index (κ3) is 3.71. The van der Waals surface area contributed by atoms with Gasteiger partial charge in [-0.25, -0.2) is 4.98 Å². The lowest BCUT2D eigenvalue weighted by atomic mass is 10.2. The highest BCUT2D eigenvalue weighted by Gasteiger charge is 2.17. The van der Waals surface area contributed by atoms with E-state index in [4.69, 9.17) is 0 Å². The van der Waals surface area contributed by atoms with E-state index in [-0.39, 0.29) is 5.91 Å². The van der Waals surface area contributed by atoms with Crippen LogP contribution in [0.3, 0.4) is 0 Å². The second-order valence-corrected chi connectivity index (χ2v) is 7.10. The molecule has 0 atom stereocenters. The maximum absolute atomic E-state index is 12.5. The Kier molecular flexibility index (Phi) is 5.37. The predicted octanol–water partition coefficient (Wildman–Crippen LogP) is 4.15. The quantitative estimate of drug-likeness (QED) is 0.674. The zero-order valence-corrected chi connectivity index (χ0v) is 15.3. The topological polar surface area (TPSA) is 46.9 Å². The molecule has 0 aliphatic carbocycles. The van der Waals surface area contributed by atoms with Crippen LogP contribution >= 0.6 is 23.1 Å². The van der Waals surface area contributed by atoms with E-state index in [0.29, 0.717) is 11.4 Å². The molecule has 1 aromatic carbocycles. The number of nitrogens with zero attached hydrogens (tertiary/aromatic N) is 2. The van der Waals surface area contributed by atoms with Crippen LogP contribution in [-0.4, -0.2) is 21.7 Å². The zero-order chi connectivity index (χ0) is 16.9. The summed E-state index contributed by atoms with van der Waals surface area (Å²) >= 11 is 3.14. The fourth-order valence-electron chi connectivity index (χ4n) is 2.33. The average molecular weight is 358 g/mol. The van der Waals surface area contributed by atoms with Gasteiger partial charge in [-0.3, -0.25) is 4.79 Å². The predicted molar refractivity (Wildman–Crippen MR) is 100 cm³/mol. The second-order valence-electron chi connectivity index (χ2n) is 5.25. The SMILES string of the molecule is CCc1nc(-n2cccc2)sc1C(=O)NCc1ccc(SC)cc1. The molecular weight excluding hydrogens is 338 g/mol.